The lowest BCUT2D eigenvalue weighted by molar-refractivity contribution is 0.0232. The largest absolute Gasteiger partial charge is 0.293 e. The van der Waals surface area contributed by atoms with Gasteiger partial charge in [-0.05, 0) is 65.2 Å². The summed E-state index contributed by atoms with van der Waals surface area (Å²) in [5.41, 5.74) is 0.240. The van der Waals surface area contributed by atoms with Crippen LogP contribution in [-0.2, 0) is 10.0 Å². The molecular weight excluding hydrogens is 272 g/mol. The molecule has 5 heteroatoms. The van der Waals surface area contributed by atoms with Crippen molar-refractivity contribution in [3.63, 3.8) is 0 Å². The Labute approximate surface area is 123 Å². The van der Waals surface area contributed by atoms with Gasteiger partial charge in [-0.15, -0.1) is 0 Å². The van der Waals surface area contributed by atoms with E-state index in [0.717, 1.165) is 25.7 Å². The van der Waals surface area contributed by atoms with E-state index in [1.54, 1.807) is 0 Å². The summed E-state index contributed by atoms with van der Waals surface area (Å²) >= 11 is 0. The number of hydrogen-bond acceptors (Lipinski definition) is 3. The smallest absolute Gasteiger partial charge is 0.214 e. The highest BCUT2D eigenvalue weighted by molar-refractivity contribution is 7.90. The quantitative estimate of drug-likeness (QED) is 0.865. The molecule has 1 saturated carbocycles. The Balaban J connectivity index is 1.57. The van der Waals surface area contributed by atoms with E-state index in [1.807, 2.05) is 0 Å². The van der Waals surface area contributed by atoms with Crippen LogP contribution in [0.3, 0.4) is 0 Å². The predicted octanol–water partition coefficient (Wildman–Crippen LogP) is 2.11. The van der Waals surface area contributed by atoms with Crippen molar-refractivity contribution in [1.29, 1.82) is 0 Å². The molecule has 3 rings (SSSR count). The van der Waals surface area contributed by atoms with Gasteiger partial charge >= 0.3 is 0 Å². The zero-order valence-electron chi connectivity index (χ0n) is 12.9. The Hall–Kier alpha value is -0.130. The first-order valence-electron chi connectivity index (χ1n) is 8.04. The third kappa shape index (κ3) is 2.90. The van der Waals surface area contributed by atoms with Gasteiger partial charge in [0.05, 0.1) is 5.25 Å². The minimum absolute atomic E-state index is 0.0890. The topological polar surface area (TPSA) is 49.4 Å². The molecule has 0 aromatic carbocycles. The van der Waals surface area contributed by atoms with Gasteiger partial charge in [-0.1, -0.05) is 0 Å². The lowest BCUT2D eigenvalue weighted by Crippen LogP contribution is -2.53. The van der Waals surface area contributed by atoms with E-state index in [2.05, 4.69) is 30.4 Å². The Morgan fingerprint density at radius 3 is 2.05 bits per heavy atom. The third-order valence-corrected chi connectivity index (χ3v) is 7.06. The van der Waals surface area contributed by atoms with Crippen LogP contribution >= 0.6 is 0 Å². The first-order valence-corrected chi connectivity index (χ1v) is 9.59. The van der Waals surface area contributed by atoms with Crippen LogP contribution in [0.2, 0.25) is 0 Å². The summed E-state index contributed by atoms with van der Waals surface area (Å²) in [6, 6.07) is 1.31. The third-order valence-electron chi connectivity index (χ3n) is 5.14. The number of nitrogens with one attached hydrogen (secondary N) is 1. The summed E-state index contributed by atoms with van der Waals surface area (Å²) < 4.78 is 26.7. The van der Waals surface area contributed by atoms with Gasteiger partial charge in [0.25, 0.3) is 0 Å². The summed E-state index contributed by atoms with van der Waals surface area (Å²) in [7, 11) is -3.01. The van der Waals surface area contributed by atoms with Crippen LogP contribution < -0.4 is 4.72 Å². The summed E-state index contributed by atoms with van der Waals surface area (Å²) in [6.07, 6.45) is 6.58. The minimum Gasteiger partial charge on any atom is -0.293 e. The summed E-state index contributed by atoms with van der Waals surface area (Å²) in [5.74, 6) is 0.527. The minimum atomic E-state index is -3.01. The van der Waals surface area contributed by atoms with E-state index in [1.165, 1.54) is 12.8 Å². The molecule has 116 valence electrons. The fourth-order valence-electron chi connectivity index (χ4n) is 4.28. The number of rotatable bonds is 4. The van der Waals surface area contributed by atoms with Crippen molar-refractivity contribution in [2.75, 3.05) is 6.54 Å². The van der Waals surface area contributed by atoms with Crippen LogP contribution in [0.15, 0.2) is 0 Å². The first kappa shape index (κ1) is 14.8. The number of piperidine rings is 1. The van der Waals surface area contributed by atoms with Crippen LogP contribution in [0.1, 0.15) is 59.3 Å². The number of hydrogen-bond donors (Lipinski definition) is 1. The van der Waals surface area contributed by atoms with E-state index in [4.69, 9.17) is 0 Å². The molecule has 3 aliphatic rings. The van der Waals surface area contributed by atoms with E-state index >= 15 is 0 Å². The van der Waals surface area contributed by atoms with Crippen LogP contribution in [0.4, 0.5) is 0 Å². The fourth-order valence-corrected chi connectivity index (χ4v) is 5.74. The second-order valence-electron chi connectivity index (χ2n) is 7.89. The predicted molar refractivity (Wildman–Crippen MR) is 81.1 cm³/mol. The Morgan fingerprint density at radius 2 is 1.60 bits per heavy atom. The molecule has 0 amide bonds. The molecular formula is C15H28N2O2S. The van der Waals surface area contributed by atoms with Gasteiger partial charge in [0.1, 0.15) is 0 Å². The molecule has 0 aromatic rings. The van der Waals surface area contributed by atoms with Crippen molar-refractivity contribution in [2.45, 2.75) is 82.2 Å². The van der Waals surface area contributed by atoms with Gasteiger partial charge in [-0.3, -0.25) is 4.90 Å². The molecule has 0 radical (unpaired) electrons. The van der Waals surface area contributed by atoms with E-state index in [-0.39, 0.29) is 10.8 Å². The van der Waals surface area contributed by atoms with Gasteiger partial charge in [-0.25, -0.2) is 13.1 Å². The highest BCUT2D eigenvalue weighted by atomic mass is 32.2. The summed E-state index contributed by atoms with van der Waals surface area (Å²) in [5, 5.41) is -0.0890. The van der Waals surface area contributed by atoms with Crippen LogP contribution in [0.5, 0.6) is 0 Å². The molecule has 2 bridgehead atoms. The average Bonchev–Trinajstić information content (AvgIpc) is 3.13. The van der Waals surface area contributed by atoms with Gasteiger partial charge in [0, 0.05) is 24.2 Å². The second-order valence-corrected chi connectivity index (χ2v) is 9.94. The molecule has 1 N–H and O–H groups in total. The maximum Gasteiger partial charge on any atom is 0.214 e. The molecule has 2 atom stereocenters. The van der Waals surface area contributed by atoms with Crippen molar-refractivity contribution in [2.24, 2.45) is 5.92 Å². The number of sulfonamides is 1. The zero-order valence-corrected chi connectivity index (χ0v) is 13.7. The zero-order chi connectivity index (χ0) is 14.5. The highest BCUT2D eigenvalue weighted by Crippen LogP contribution is 2.42. The van der Waals surface area contributed by atoms with Gasteiger partial charge < -0.3 is 0 Å². The number of nitrogens with zero attached hydrogens (tertiary/aromatic N) is 1. The maximum absolute atomic E-state index is 11.9. The number of fused-ring (bicyclic) bond motifs is 2. The molecule has 2 aliphatic heterocycles. The first-order chi connectivity index (χ1) is 9.27. The average molecular weight is 300 g/mol. The second kappa shape index (κ2) is 4.96. The normalized spacial score (nSPS) is 35.5. The van der Waals surface area contributed by atoms with Gasteiger partial charge in [0.2, 0.25) is 10.0 Å². The molecule has 4 nitrogen and oxygen atoms in total. The highest BCUT2D eigenvalue weighted by Gasteiger charge is 2.45. The molecule has 2 saturated heterocycles. The van der Waals surface area contributed by atoms with Crippen LogP contribution in [0, 0.1) is 5.92 Å². The Bertz CT molecular complexity index is 451. The summed E-state index contributed by atoms with van der Waals surface area (Å²) in [4.78, 5) is 2.68. The van der Waals surface area contributed by atoms with Crippen molar-refractivity contribution in [3.05, 3.63) is 0 Å². The summed E-state index contributed by atoms with van der Waals surface area (Å²) in [6.45, 7) is 7.56. The molecule has 3 fully saturated rings. The van der Waals surface area contributed by atoms with Crippen molar-refractivity contribution in [3.8, 4) is 0 Å². The van der Waals surface area contributed by atoms with Crippen molar-refractivity contribution in [1.82, 2.24) is 9.62 Å². The SMILES string of the molecule is CC(C)(C)N1C2CCC1CC(CNS(=O)(=O)C1CC1)C2. The van der Waals surface area contributed by atoms with Crippen molar-refractivity contribution >= 4 is 10.0 Å². The monoisotopic (exact) mass is 300 g/mol. The van der Waals surface area contributed by atoms with Crippen molar-refractivity contribution < 1.29 is 8.42 Å². The van der Waals surface area contributed by atoms with Crippen LogP contribution in [-0.4, -0.2) is 42.7 Å². The molecule has 1 aliphatic carbocycles. The fraction of sp³-hybridized carbons (Fsp3) is 1.00. The Kier molecular flexibility index (Phi) is 3.67. The van der Waals surface area contributed by atoms with E-state index in [9.17, 15) is 8.42 Å². The molecule has 2 heterocycles. The molecule has 0 spiro atoms. The standard InChI is InChI=1S/C15H28N2O2S/c1-15(2,3)17-12-4-5-13(17)9-11(8-12)10-16-20(18,19)14-6-7-14/h11-14,16H,4-10H2,1-3H3. The lowest BCUT2D eigenvalue weighted by atomic mass is 9.87. The molecule has 20 heavy (non-hydrogen) atoms. The maximum atomic E-state index is 11.9. The molecule has 0 aromatic heterocycles. The van der Waals surface area contributed by atoms with Gasteiger partial charge in [0.15, 0.2) is 0 Å². The lowest BCUT2D eigenvalue weighted by Gasteiger charge is -2.46. The molecule has 2 unspecified atom stereocenters. The van der Waals surface area contributed by atoms with E-state index < -0.39 is 10.0 Å². The Morgan fingerprint density at radius 1 is 1.05 bits per heavy atom. The van der Waals surface area contributed by atoms with Crippen LogP contribution in [0.25, 0.3) is 0 Å². The van der Waals surface area contributed by atoms with E-state index in [0.29, 0.717) is 24.5 Å². The van der Waals surface area contributed by atoms with Gasteiger partial charge in [-0.2, -0.15) is 0 Å².